The Morgan fingerprint density at radius 1 is 1.12 bits per heavy atom. The van der Waals surface area contributed by atoms with Crippen molar-refractivity contribution in [1.82, 2.24) is 4.90 Å². The van der Waals surface area contributed by atoms with Crippen LogP contribution < -0.4 is 14.8 Å². The van der Waals surface area contributed by atoms with E-state index in [0.29, 0.717) is 12.8 Å². The molecule has 0 spiro atoms. The highest BCUT2D eigenvalue weighted by Gasteiger charge is 2.48. The van der Waals surface area contributed by atoms with E-state index in [1.165, 1.54) is 18.2 Å². The Kier molecular flexibility index (Phi) is 3.82. The van der Waals surface area contributed by atoms with Gasteiger partial charge in [-0.1, -0.05) is 12.8 Å². The Morgan fingerprint density at radius 3 is 2.38 bits per heavy atom. The number of amides is 3. The van der Waals surface area contributed by atoms with Gasteiger partial charge < -0.3 is 14.8 Å². The predicted octanol–water partition coefficient (Wildman–Crippen LogP) is 2.12. The summed E-state index contributed by atoms with van der Waals surface area (Å²) < 4.78 is 34.6. The van der Waals surface area contributed by atoms with Gasteiger partial charge in [0.15, 0.2) is 11.5 Å². The molecule has 1 saturated carbocycles. The first-order chi connectivity index (χ1) is 12.3. The van der Waals surface area contributed by atoms with Crippen LogP contribution in [0.15, 0.2) is 18.2 Å². The average molecular weight is 366 g/mol. The summed E-state index contributed by atoms with van der Waals surface area (Å²) in [5, 5.41) is 2.48. The summed E-state index contributed by atoms with van der Waals surface area (Å²) >= 11 is 0. The normalized spacial score (nSPS) is 26.0. The van der Waals surface area contributed by atoms with Crippen LogP contribution in [0.3, 0.4) is 0 Å². The highest BCUT2D eigenvalue weighted by Crippen LogP contribution is 2.42. The van der Waals surface area contributed by atoms with Crippen LogP contribution in [0.5, 0.6) is 11.5 Å². The van der Waals surface area contributed by atoms with Crippen LogP contribution in [0.25, 0.3) is 0 Å². The Morgan fingerprint density at radius 2 is 1.73 bits per heavy atom. The third kappa shape index (κ3) is 2.87. The van der Waals surface area contributed by atoms with E-state index in [0.717, 1.165) is 17.7 Å². The Hall–Kier alpha value is -2.71. The summed E-state index contributed by atoms with van der Waals surface area (Å²) in [6.07, 6.45) is -0.590. The van der Waals surface area contributed by atoms with Gasteiger partial charge in [0.2, 0.25) is 17.7 Å². The van der Waals surface area contributed by atoms with E-state index < -0.39 is 18.7 Å². The molecule has 26 heavy (non-hydrogen) atoms. The van der Waals surface area contributed by atoms with E-state index in [-0.39, 0.29) is 40.8 Å². The zero-order chi connectivity index (χ0) is 18.5. The van der Waals surface area contributed by atoms with Gasteiger partial charge >= 0.3 is 6.29 Å². The van der Waals surface area contributed by atoms with Crippen LogP contribution in [0, 0.1) is 11.8 Å². The van der Waals surface area contributed by atoms with Crippen molar-refractivity contribution < 1.29 is 32.6 Å². The average Bonchev–Trinajstić information content (AvgIpc) is 3.02. The summed E-state index contributed by atoms with van der Waals surface area (Å²) in [6.45, 7) is -0.394. The lowest BCUT2D eigenvalue weighted by atomic mass is 9.81. The molecule has 0 aromatic heterocycles. The van der Waals surface area contributed by atoms with Crippen molar-refractivity contribution in [2.75, 3.05) is 11.9 Å². The maximum atomic E-state index is 13.0. The molecule has 2 heterocycles. The number of hydrogen-bond donors (Lipinski definition) is 1. The van der Waals surface area contributed by atoms with Gasteiger partial charge in [0.1, 0.15) is 6.54 Å². The number of benzene rings is 1. The summed E-state index contributed by atoms with van der Waals surface area (Å²) in [7, 11) is 0. The molecule has 2 aliphatic heterocycles. The van der Waals surface area contributed by atoms with Gasteiger partial charge in [0.05, 0.1) is 11.8 Å². The number of ether oxygens (including phenoxy) is 2. The number of likely N-dealkylation sites (tertiary alicyclic amines) is 1. The first kappa shape index (κ1) is 16.7. The zero-order valence-electron chi connectivity index (χ0n) is 13.7. The largest absolute Gasteiger partial charge is 0.586 e. The molecule has 7 nitrogen and oxygen atoms in total. The summed E-state index contributed by atoms with van der Waals surface area (Å²) in [6, 6.07) is 3.81. The van der Waals surface area contributed by atoms with Gasteiger partial charge in [-0.25, -0.2) is 0 Å². The molecule has 0 bridgehead atoms. The molecule has 1 aliphatic carbocycles. The minimum atomic E-state index is -3.74. The fraction of sp³-hybridized carbons (Fsp3) is 0.471. The lowest BCUT2D eigenvalue weighted by molar-refractivity contribution is -0.286. The standard InChI is InChI=1S/C17H16F2N2O5/c18-17(19)25-12-6-5-9(7-13(12)26-17)20-14(22)8-21-15(23)10-3-1-2-4-11(10)16(21)24/h5-7,10-11H,1-4,8H2,(H,20,22). The number of hydrogen-bond acceptors (Lipinski definition) is 5. The molecule has 0 radical (unpaired) electrons. The fourth-order valence-electron chi connectivity index (χ4n) is 3.76. The van der Waals surface area contributed by atoms with E-state index in [2.05, 4.69) is 14.8 Å². The molecule has 9 heteroatoms. The van der Waals surface area contributed by atoms with Crippen molar-refractivity contribution in [3.8, 4) is 11.5 Å². The van der Waals surface area contributed by atoms with E-state index in [4.69, 9.17) is 0 Å². The third-order valence-corrected chi connectivity index (χ3v) is 4.92. The second-order valence-corrected chi connectivity index (χ2v) is 6.64. The van der Waals surface area contributed by atoms with Crippen molar-refractivity contribution in [1.29, 1.82) is 0 Å². The fourth-order valence-corrected chi connectivity index (χ4v) is 3.76. The highest BCUT2D eigenvalue weighted by atomic mass is 19.3. The van der Waals surface area contributed by atoms with Crippen molar-refractivity contribution in [3.63, 3.8) is 0 Å². The quantitative estimate of drug-likeness (QED) is 0.829. The van der Waals surface area contributed by atoms with Crippen molar-refractivity contribution in [3.05, 3.63) is 18.2 Å². The van der Waals surface area contributed by atoms with E-state index in [9.17, 15) is 23.2 Å². The third-order valence-electron chi connectivity index (χ3n) is 4.92. The number of carbonyl (C=O) groups excluding carboxylic acids is 3. The van der Waals surface area contributed by atoms with E-state index in [1.54, 1.807) is 0 Å². The van der Waals surface area contributed by atoms with Crippen molar-refractivity contribution in [2.24, 2.45) is 11.8 Å². The predicted molar refractivity (Wildman–Crippen MR) is 83.4 cm³/mol. The monoisotopic (exact) mass is 366 g/mol. The minimum Gasteiger partial charge on any atom is -0.395 e. The number of rotatable bonds is 3. The van der Waals surface area contributed by atoms with Gasteiger partial charge in [-0.3, -0.25) is 19.3 Å². The molecular weight excluding hydrogens is 350 g/mol. The summed E-state index contributed by atoms with van der Waals surface area (Å²) in [5.74, 6) is -2.18. The Balaban J connectivity index is 1.42. The van der Waals surface area contributed by atoms with E-state index >= 15 is 0 Å². The first-order valence-electron chi connectivity index (χ1n) is 8.39. The summed E-state index contributed by atoms with van der Waals surface area (Å²) in [5.41, 5.74) is 0.201. The first-order valence-corrected chi connectivity index (χ1v) is 8.39. The van der Waals surface area contributed by atoms with Gasteiger partial charge in [-0.15, -0.1) is 8.78 Å². The zero-order valence-corrected chi connectivity index (χ0v) is 13.7. The molecule has 2 unspecified atom stereocenters. The summed E-state index contributed by atoms with van der Waals surface area (Å²) in [4.78, 5) is 37.9. The van der Waals surface area contributed by atoms with Crippen LogP contribution >= 0.6 is 0 Å². The Bertz CT molecular complexity index is 773. The smallest absolute Gasteiger partial charge is 0.395 e. The highest BCUT2D eigenvalue weighted by molar-refractivity contribution is 6.08. The molecule has 4 rings (SSSR count). The SMILES string of the molecule is O=C(CN1C(=O)C2CCCCC2C1=O)Nc1ccc2c(c1)OC(F)(F)O2. The molecule has 2 fully saturated rings. The van der Waals surface area contributed by atoms with Gasteiger partial charge in [-0.2, -0.15) is 0 Å². The van der Waals surface area contributed by atoms with Crippen molar-refractivity contribution in [2.45, 2.75) is 32.0 Å². The number of fused-ring (bicyclic) bond motifs is 2. The van der Waals surface area contributed by atoms with Crippen LogP contribution in [0.4, 0.5) is 14.5 Å². The number of carbonyl (C=O) groups is 3. The minimum absolute atomic E-state index is 0.137. The molecule has 3 aliphatic rings. The topological polar surface area (TPSA) is 84.9 Å². The van der Waals surface area contributed by atoms with Crippen LogP contribution in [0.2, 0.25) is 0 Å². The lowest BCUT2D eigenvalue weighted by Gasteiger charge is -2.19. The molecule has 2 atom stereocenters. The maximum Gasteiger partial charge on any atom is 0.586 e. The molecule has 1 saturated heterocycles. The molecular formula is C17H16F2N2O5. The van der Waals surface area contributed by atoms with Gasteiger partial charge in [0.25, 0.3) is 0 Å². The van der Waals surface area contributed by atoms with Crippen LogP contribution in [-0.2, 0) is 14.4 Å². The van der Waals surface area contributed by atoms with Gasteiger partial charge in [0, 0.05) is 11.8 Å². The number of nitrogens with one attached hydrogen (secondary N) is 1. The second-order valence-electron chi connectivity index (χ2n) is 6.64. The molecule has 138 valence electrons. The number of halogens is 2. The number of imide groups is 1. The molecule has 1 N–H and O–H groups in total. The number of anilines is 1. The molecule has 3 amide bonds. The van der Waals surface area contributed by atoms with E-state index in [1.807, 2.05) is 0 Å². The Labute approximate surface area is 147 Å². The number of nitrogens with zero attached hydrogens (tertiary/aromatic N) is 1. The van der Waals surface area contributed by atoms with Crippen molar-refractivity contribution >= 4 is 23.4 Å². The lowest BCUT2D eigenvalue weighted by Crippen LogP contribution is -2.38. The molecule has 1 aromatic carbocycles. The number of alkyl halides is 2. The van der Waals surface area contributed by atoms with Crippen LogP contribution in [-0.4, -0.2) is 35.5 Å². The second kappa shape index (κ2) is 5.93. The molecule has 1 aromatic rings. The van der Waals surface area contributed by atoms with Gasteiger partial charge in [-0.05, 0) is 25.0 Å². The van der Waals surface area contributed by atoms with Crippen LogP contribution in [0.1, 0.15) is 25.7 Å². The maximum absolute atomic E-state index is 13.0.